The second-order valence-corrected chi connectivity index (χ2v) is 4.99. The summed E-state index contributed by atoms with van der Waals surface area (Å²) in [4.78, 5) is 23.6. The van der Waals surface area contributed by atoms with Gasteiger partial charge in [0, 0.05) is 30.1 Å². The van der Waals surface area contributed by atoms with Crippen molar-refractivity contribution < 1.29 is 9.72 Å². The van der Waals surface area contributed by atoms with E-state index in [4.69, 9.17) is 17.3 Å². The average molecular weight is 284 g/mol. The number of benzene rings is 1. The van der Waals surface area contributed by atoms with Crippen molar-refractivity contribution in [1.82, 2.24) is 0 Å². The number of nitrogens with zero attached hydrogens (tertiary/aromatic N) is 2. The van der Waals surface area contributed by atoms with Crippen molar-refractivity contribution in [2.24, 2.45) is 11.7 Å². The standard InChI is InChI=1S/C12H14ClN3O3/c13-9-1-2-10(11(7-9)16(18)19)15-5-3-8(4-6-15)12(14)17/h1-2,7-8H,3-6H2,(H2,14,17). The quantitative estimate of drug-likeness (QED) is 0.678. The van der Waals surface area contributed by atoms with E-state index in [1.54, 1.807) is 12.1 Å². The van der Waals surface area contributed by atoms with Gasteiger partial charge in [0.15, 0.2) is 0 Å². The van der Waals surface area contributed by atoms with Gasteiger partial charge in [-0.25, -0.2) is 0 Å². The molecule has 0 radical (unpaired) electrons. The first-order valence-electron chi connectivity index (χ1n) is 5.97. The van der Waals surface area contributed by atoms with E-state index in [1.165, 1.54) is 6.07 Å². The number of carbonyl (C=O) groups excluding carboxylic acids is 1. The molecule has 19 heavy (non-hydrogen) atoms. The van der Waals surface area contributed by atoms with Crippen molar-refractivity contribution in [2.45, 2.75) is 12.8 Å². The van der Waals surface area contributed by atoms with Gasteiger partial charge in [0.2, 0.25) is 5.91 Å². The Bertz CT molecular complexity index is 513. The van der Waals surface area contributed by atoms with E-state index < -0.39 is 4.92 Å². The minimum atomic E-state index is -0.443. The van der Waals surface area contributed by atoms with E-state index in [1.807, 2.05) is 4.90 Å². The molecule has 2 rings (SSSR count). The zero-order valence-electron chi connectivity index (χ0n) is 10.2. The maximum Gasteiger partial charge on any atom is 0.294 e. The molecule has 1 amide bonds. The molecule has 0 unspecified atom stereocenters. The molecule has 2 N–H and O–H groups in total. The van der Waals surface area contributed by atoms with Crippen molar-refractivity contribution in [3.63, 3.8) is 0 Å². The number of primary amides is 1. The highest BCUT2D eigenvalue weighted by atomic mass is 35.5. The summed E-state index contributed by atoms with van der Waals surface area (Å²) >= 11 is 5.78. The second-order valence-electron chi connectivity index (χ2n) is 4.55. The number of anilines is 1. The van der Waals surface area contributed by atoms with Gasteiger partial charge >= 0.3 is 0 Å². The number of nitro benzene ring substituents is 1. The number of carbonyl (C=O) groups is 1. The molecule has 7 heteroatoms. The van der Waals surface area contributed by atoms with Crippen molar-refractivity contribution in [3.8, 4) is 0 Å². The number of rotatable bonds is 3. The predicted octanol–water partition coefficient (Wildman–Crippen LogP) is 1.95. The molecule has 1 aliphatic rings. The van der Waals surface area contributed by atoms with Crippen LogP contribution in [-0.4, -0.2) is 23.9 Å². The summed E-state index contributed by atoms with van der Waals surface area (Å²) in [6.07, 6.45) is 1.24. The van der Waals surface area contributed by atoms with Crippen molar-refractivity contribution in [1.29, 1.82) is 0 Å². The lowest BCUT2D eigenvalue weighted by atomic mass is 9.96. The molecule has 0 aromatic heterocycles. The number of nitrogens with two attached hydrogens (primary N) is 1. The summed E-state index contributed by atoms with van der Waals surface area (Å²) in [5.74, 6) is -0.437. The van der Waals surface area contributed by atoms with Crippen LogP contribution in [0.5, 0.6) is 0 Å². The minimum Gasteiger partial charge on any atom is -0.369 e. The fraction of sp³-hybridized carbons (Fsp3) is 0.417. The number of hydrogen-bond donors (Lipinski definition) is 1. The maximum absolute atomic E-state index is 11.1. The van der Waals surface area contributed by atoms with Crippen LogP contribution in [0, 0.1) is 16.0 Å². The molecule has 1 aromatic rings. The van der Waals surface area contributed by atoms with Gasteiger partial charge in [0.1, 0.15) is 5.69 Å². The molecule has 1 saturated heterocycles. The first-order valence-corrected chi connectivity index (χ1v) is 6.35. The van der Waals surface area contributed by atoms with Gasteiger partial charge in [0.25, 0.3) is 5.69 Å². The van der Waals surface area contributed by atoms with Gasteiger partial charge < -0.3 is 10.6 Å². The van der Waals surface area contributed by atoms with E-state index in [-0.39, 0.29) is 17.5 Å². The fourth-order valence-electron chi connectivity index (χ4n) is 2.32. The molecule has 6 nitrogen and oxygen atoms in total. The van der Waals surface area contributed by atoms with Gasteiger partial charge in [-0.15, -0.1) is 0 Å². The van der Waals surface area contributed by atoms with Crippen LogP contribution in [0.25, 0.3) is 0 Å². The Balaban J connectivity index is 2.20. The number of halogens is 1. The number of nitro groups is 1. The number of piperidine rings is 1. The summed E-state index contributed by atoms with van der Waals surface area (Å²) in [6.45, 7) is 1.16. The van der Waals surface area contributed by atoms with Gasteiger partial charge in [-0.3, -0.25) is 14.9 Å². The highest BCUT2D eigenvalue weighted by Crippen LogP contribution is 2.33. The van der Waals surface area contributed by atoms with Crippen LogP contribution >= 0.6 is 11.6 Å². The Hall–Kier alpha value is -1.82. The molecule has 0 atom stereocenters. The Morgan fingerprint density at radius 1 is 1.42 bits per heavy atom. The number of hydrogen-bond acceptors (Lipinski definition) is 4. The van der Waals surface area contributed by atoms with E-state index in [0.29, 0.717) is 36.6 Å². The molecule has 0 bridgehead atoms. The predicted molar refractivity (Wildman–Crippen MR) is 72.2 cm³/mol. The van der Waals surface area contributed by atoms with Crippen LogP contribution in [-0.2, 0) is 4.79 Å². The first kappa shape index (κ1) is 13.6. The minimum absolute atomic E-state index is 0.00924. The molecule has 1 aromatic carbocycles. The maximum atomic E-state index is 11.1. The average Bonchev–Trinajstić information content (AvgIpc) is 2.38. The SMILES string of the molecule is NC(=O)C1CCN(c2ccc(Cl)cc2[N+](=O)[O-])CC1. The van der Waals surface area contributed by atoms with Crippen LogP contribution in [0.4, 0.5) is 11.4 Å². The molecule has 0 spiro atoms. The molecule has 1 heterocycles. The molecule has 0 aliphatic carbocycles. The van der Waals surface area contributed by atoms with Gasteiger partial charge in [-0.1, -0.05) is 11.6 Å². The molecule has 0 saturated carbocycles. The van der Waals surface area contributed by atoms with E-state index >= 15 is 0 Å². The van der Waals surface area contributed by atoms with Gasteiger partial charge in [-0.05, 0) is 25.0 Å². The summed E-state index contributed by atoms with van der Waals surface area (Å²) < 4.78 is 0. The smallest absolute Gasteiger partial charge is 0.294 e. The lowest BCUT2D eigenvalue weighted by Gasteiger charge is -2.31. The monoisotopic (exact) mass is 283 g/mol. The third-order valence-corrected chi connectivity index (χ3v) is 3.61. The summed E-state index contributed by atoms with van der Waals surface area (Å²) in [5.41, 5.74) is 5.80. The van der Waals surface area contributed by atoms with Gasteiger partial charge in [-0.2, -0.15) is 0 Å². The Morgan fingerprint density at radius 2 is 2.05 bits per heavy atom. The molecule has 1 aliphatic heterocycles. The normalized spacial score (nSPS) is 16.4. The lowest BCUT2D eigenvalue weighted by Crippen LogP contribution is -2.38. The van der Waals surface area contributed by atoms with Crippen molar-refractivity contribution in [3.05, 3.63) is 33.3 Å². The zero-order valence-corrected chi connectivity index (χ0v) is 11.0. The summed E-state index contributed by atoms with van der Waals surface area (Å²) in [7, 11) is 0. The topological polar surface area (TPSA) is 89.5 Å². The Labute approximate surface area is 115 Å². The lowest BCUT2D eigenvalue weighted by molar-refractivity contribution is -0.384. The van der Waals surface area contributed by atoms with Gasteiger partial charge in [0.05, 0.1) is 4.92 Å². The molecule has 102 valence electrons. The largest absolute Gasteiger partial charge is 0.369 e. The first-order chi connectivity index (χ1) is 8.99. The molecular weight excluding hydrogens is 270 g/mol. The molecule has 1 fully saturated rings. The second kappa shape index (κ2) is 5.44. The third-order valence-electron chi connectivity index (χ3n) is 3.37. The van der Waals surface area contributed by atoms with Crippen LogP contribution in [0.15, 0.2) is 18.2 Å². The van der Waals surface area contributed by atoms with Crippen molar-refractivity contribution in [2.75, 3.05) is 18.0 Å². The van der Waals surface area contributed by atoms with E-state index in [9.17, 15) is 14.9 Å². The van der Waals surface area contributed by atoms with E-state index in [0.717, 1.165) is 0 Å². The Kier molecular flexibility index (Phi) is 3.90. The van der Waals surface area contributed by atoms with Crippen LogP contribution in [0.1, 0.15) is 12.8 Å². The van der Waals surface area contributed by atoms with Crippen LogP contribution < -0.4 is 10.6 Å². The zero-order chi connectivity index (χ0) is 14.0. The summed E-state index contributed by atoms with van der Waals surface area (Å²) in [6, 6.07) is 4.62. The number of amides is 1. The highest BCUT2D eigenvalue weighted by Gasteiger charge is 2.27. The highest BCUT2D eigenvalue weighted by molar-refractivity contribution is 6.30. The van der Waals surface area contributed by atoms with Crippen LogP contribution in [0.3, 0.4) is 0 Å². The third kappa shape index (κ3) is 2.96. The van der Waals surface area contributed by atoms with E-state index in [2.05, 4.69) is 0 Å². The summed E-state index contributed by atoms with van der Waals surface area (Å²) in [5, 5.41) is 11.4. The Morgan fingerprint density at radius 3 is 2.58 bits per heavy atom. The fourth-order valence-corrected chi connectivity index (χ4v) is 2.48. The van der Waals surface area contributed by atoms with Crippen molar-refractivity contribution >= 4 is 28.9 Å². The van der Waals surface area contributed by atoms with Crippen LogP contribution in [0.2, 0.25) is 5.02 Å². The molecular formula is C12H14ClN3O3.